The number of ketones is 1. The number of amides is 1. The molecule has 2 heterocycles. The molecule has 0 bridgehead atoms. The third-order valence-corrected chi connectivity index (χ3v) is 5.47. The highest BCUT2D eigenvalue weighted by Crippen LogP contribution is 2.25. The number of benzene rings is 2. The van der Waals surface area contributed by atoms with Crippen LogP contribution in [0.1, 0.15) is 32.8 Å². The molecule has 0 aliphatic carbocycles. The van der Waals surface area contributed by atoms with Gasteiger partial charge in [0.25, 0.3) is 5.91 Å². The van der Waals surface area contributed by atoms with Gasteiger partial charge in [0, 0.05) is 18.2 Å². The normalized spacial score (nSPS) is 10.9. The Morgan fingerprint density at radius 2 is 1.79 bits per heavy atom. The maximum atomic E-state index is 12.7. The zero-order valence-electron chi connectivity index (χ0n) is 15.5. The standard InChI is InChI=1S/C22H18N2O3S/c1-14(25)15-7-9-16(10-8-15)18-11-12-19(27-18)22(26)24(2)13-21-23-17-5-3-4-6-20(17)28-21/h3-12H,13H2,1-2H3. The molecule has 0 N–H and O–H groups in total. The van der Waals surface area contributed by atoms with Crippen LogP contribution in [-0.4, -0.2) is 28.6 Å². The van der Waals surface area contributed by atoms with Gasteiger partial charge in [-0.3, -0.25) is 9.59 Å². The highest BCUT2D eigenvalue weighted by atomic mass is 32.1. The zero-order valence-corrected chi connectivity index (χ0v) is 16.3. The lowest BCUT2D eigenvalue weighted by Gasteiger charge is -2.13. The molecule has 0 aliphatic heterocycles. The second-order valence-electron chi connectivity index (χ2n) is 6.53. The molecule has 2 aromatic carbocycles. The van der Waals surface area contributed by atoms with Crippen molar-refractivity contribution in [1.82, 2.24) is 9.88 Å². The monoisotopic (exact) mass is 390 g/mol. The maximum Gasteiger partial charge on any atom is 0.289 e. The maximum absolute atomic E-state index is 12.7. The molecule has 1 amide bonds. The van der Waals surface area contributed by atoms with Crippen LogP contribution in [0.15, 0.2) is 65.1 Å². The summed E-state index contributed by atoms with van der Waals surface area (Å²) < 4.78 is 6.86. The van der Waals surface area contributed by atoms with Crippen LogP contribution in [0.25, 0.3) is 21.5 Å². The summed E-state index contributed by atoms with van der Waals surface area (Å²) in [5.41, 5.74) is 2.40. The number of furan rings is 1. The highest BCUT2D eigenvalue weighted by Gasteiger charge is 2.18. The fourth-order valence-electron chi connectivity index (χ4n) is 2.93. The van der Waals surface area contributed by atoms with E-state index in [0.717, 1.165) is 20.8 Å². The number of hydrogen-bond donors (Lipinski definition) is 0. The predicted molar refractivity (Wildman–Crippen MR) is 110 cm³/mol. The first-order chi connectivity index (χ1) is 13.5. The molecule has 4 aromatic rings. The molecule has 0 spiro atoms. The number of fused-ring (bicyclic) bond motifs is 1. The lowest BCUT2D eigenvalue weighted by atomic mass is 10.1. The summed E-state index contributed by atoms with van der Waals surface area (Å²) in [4.78, 5) is 30.3. The van der Waals surface area contributed by atoms with E-state index in [1.807, 2.05) is 36.4 Å². The van der Waals surface area contributed by atoms with Crippen molar-refractivity contribution < 1.29 is 14.0 Å². The van der Waals surface area contributed by atoms with E-state index in [1.54, 1.807) is 47.5 Å². The number of carbonyl (C=O) groups excluding carboxylic acids is 2. The number of thiazole rings is 1. The molecule has 0 atom stereocenters. The average Bonchev–Trinajstić information content (AvgIpc) is 3.34. The van der Waals surface area contributed by atoms with Crippen molar-refractivity contribution in [2.24, 2.45) is 0 Å². The molecule has 2 aromatic heterocycles. The Bertz CT molecular complexity index is 1120. The zero-order chi connectivity index (χ0) is 19.7. The highest BCUT2D eigenvalue weighted by molar-refractivity contribution is 7.18. The largest absolute Gasteiger partial charge is 0.451 e. The second kappa shape index (κ2) is 7.40. The van der Waals surface area contributed by atoms with Gasteiger partial charge in [0.2, 0.25) is 0 Å². The fourth-order valence-corrected chi connectivity index (χ4v) is 3.95. The van der Waals surface area contributed by atoms with Gasteiger partial charge in [0.1, 0.15) is 10.8 Å². The minimum Gasteiger partial charge on any atom is -0.451 e. The molecular formula is C22H18N2O3S. The number of hydrogen-bond acceptors (Lipinski definition) is 5. The van der Waals surface area contributed by atoms with Crippen LogP contribution in [0.3, 0.4) is 0 Å². The van der Waals surface area contributed by atoms with Crippen molar-refractivity contribution in [3.8, 4) is 11.3 Å². The molecular weight excluding hydrogens is 372 g/mol. The first kappa shape index (κ1) is 18.1. The van der Waals surface area contributed by atoms with Crippen LogP contribution in [0.5, 0.6) is 0 Å². The van der Waals surface area contributed by atoms with Crippen LogP contribution < -0.4 is 0 Å². The van der Waals surface area contributed by atoms with Gasteiger partial charge in [-0.1, -0.05) is 36.4 Å². The van der Waals surface area contributed by atoms with E-state index in [0.29, 0.717) is 17.9 Å². The topological polar surface area (TPSA) is 63.4 Å². The second-order valence-corrected chi connectivity index (χ2v) is 7.65. The van der Waals surface area contributed by atoms with Gasteiger partial charge in [0.15, 0.2) is 11.5 Å². The van der Waals surface area contributed by atoms with Crippen LogP contribution in [-0.2, 0) is 6.54 Å². The molecule has 0 saturated heterocycles. The van der Waals surface area contributed by atoms with Gasteiger partial charge in [-0.15, -0.1) is 11.3 Å². The Balaban J connectivity index is 1.49. The molecule has 0 radical (unpaired) electrons. The summed E-state index contributed by atoms with van der Waals surface area (Å²) in [5.74, 6) is 0.672. The summed E-state index contributed by atoms with van der Waals surface area (Å²) >= 11 is 1.58. The van der Waals surface area contributed by atoms with Gasteiger partial charge in [-0.05, 0) is 31.2 Å². The molecule has 0 fully saturated rings. The summed E-state index contributed by atoms with van der Waals surface area (Å²) in [7, 11) is 1.73. The number of rotatable bonds is 5. The summed E-state index contributed by atoms with van der Waals surface area (Å²) in [5, 5.41) is 0.878. The molecule has 0 unspecified atom stereocenters. The Morgan fingerprint density at radius 1 is 1.04 bits per heavy atom. The molecule has 5 nitrogen and oxygen atoms in total. The number of aromatic nitrogens is 1. The molecule has 6 heteroatoms. The minimum atomic E-state index is -0.203. The molecule has 28 heavy (non-hydrogen) atoms. The van der Waals surface area contributed by atoms with Gasteiger partial charge < -0.3 is 9.32 Å². The number of para-hydroxylation sites is 1. The lowest BCUT2D eigenvalue weighted by molar-refractivity contribution is 0.0754. The third kappa shape index (κ3) is 3.59. The number of nitrogens with zero attached hydrogens (tertiary/aromatic N) is 2. The van der Waals surface area contributed by atoms with Crippen molar-refractivity contribution in [1.29, 1.82) is 0 Å². The van der Waals surface area contributed by atoms with Crippen molar-refractivity contribution in [3.05, 3.63) is 77.0 Å². The Kier molecular flexibility index (Phi) is 4.79. The Morgan fingerprint density at radius 3 is 2.50 bits per heavy atom. The van der Waals surface area contributed by atoms with E-state index in [1.165, 1.54) is 6.92 Å². The van der Waals surface area contributed by atoms with E-state index in [-0.39, 0.29) is 17.5 Å². The minimum absolute atomic E-state index is 0.0123. The summed E-state index contributed by atoms with van der Waals surface area (Å²) in [6, 6.07) is 18.5. The van der Waals surface area contributed by atoms with E-state index in [4.69, 9.17) is 4.42 Å². The molecule has 4 rings (SSSR count). The summed E-state index contributed by atoms with van der Waals surface area (Å²) in [6.45, 7) is 1.95. The molecule has 0 saturated carbocycles. The first-order valence-electron chi connectivity index (χ1n) is 8.82. The van der Waals surface area contributed by atoms with Gasteiger partial charge in [-0.25, -0.2) is 4.98 Å². The van der Waals surface area contributed by atoms with E-state index >= 15 is 0 Å². The molecule has 0 aliphatic rings. The SMILES string of the molecule is CC(=O)c1ccc(-c2ccc(C(=O)N(C)Cc3nc4ccccc4s3)o2)cc1. The van der Waals surface area contributed by atoms with E-state index in [9.17, 15) is 9.59 Å². The van der Waals surface area contributed by atoms with Gasteiger partial charge >= 0.3 is 0 Å². The van der Waals surface area contributed by atoms with Crippen LogP contribution in [0, 0.1) is 0 Å². The smallest absolute Gasteiger partial charge is 0.289 e. The van der Waals surface area contributed by atoms with Crippen molar-refractivity contribution in [2.45, 2.75) is 13.5 Å². The van der Waals surface area contributed by atoms with E-state index < -0.39 is 0 Å². The summed E-state index contributed by atoms with van der Waals surface area (Å²) in [6.07, 6.45) is 0. The fraction of sp³-hybridized carbons (Fsp3) is 0.136. The van der Waals surface area contributed by atoms with Crippen molar-refractivity contribution >= 4 is 33.2 Å². The quantitative estimate of drug-likeness (QED) is 0.448. The Hall–Kier alpha value is -3.25. The van der Waals surface area contributed by atoms with Gasteiger partial charge in [0.05, 0.1) is 16.8 Å². The first-order valence-corrected chi connectivity index (χ1v) is 9.64. The van der Waals surface area contributed by atoms with Crippen LogP contribution >= 0.6 is 11.3 Å². The predicted octanol–water partition coefficient (Wildman–Crippen LogP) is 5.03. The third-order valence-electron chi connectivity index (χ3n) is 4.45. The van der Waals surface area contributed by atoms with E-state index in [2.05, 4.69) is 4.98 Å². The lowest BCUT2D eigenvalue weighted by Crippen LogP contribution is -2.25. The van der Waals surface area contributed by atoms with Crippen molar-refractivity contribution in [2.75, 3.05) is 7.05 Å². The van der Waals surface area contributed by atoms with Gasteiger partial charge in [-0.2, -0.15) is 0 Å². The van der Waals surface area contributed by atoms with Crippen LogP contribution in [0.2, 0.25) is 0 Å². The average molecular weight is 390 g/mol. The number of carbonyl (C=O) groups is 2. The Labute approximate surface area is 166 Å². The van der Waals surface area contributed by atoms with Crippen LogP contribution in [0.4, 0.5) is 0 Å². The number of Topliss-reactive ketones (excluding diaryl/α,β-unsaturated/α-hetero) is 1. The van der Waals surface area contributed by atoms with Crippen molar-refractivity contribution in [3.63, 3.8) is 0 Å². The molecule has 140 valence electrons.